The van der Waals surface area contributed by atoms with E-state index in [1.165, 1.54) is 11.8 Å². The van der Waals surface area contributed by atoms with Crippen LogP contribution < -0.4 is 0 Å². The molecule has 0 atom stereocenters. The van der Waals surface area contributed by atoms with Crippen molar-refractivity contribution in [3.8, 4) is 0 Å². The normalized spacial score (nSPS) is 21.2. The summed E-state index contributed by atoms with van der Waals surface area (Å²) in [4.78, 5) is 0. The monoisotopic (exact) mass is 210 g/mol. The van der Waals surface area contributed by atoms with Crippen molar-refractivity contribution in [1.82, 2.24) is 0 Å². The fourth-order valence-corrected chi connectivity index (χ4v) is 2.01. The van der Waals surface area contributed by atoms with Gasteiger partial charge in [0.2, 0.25) is 0 Å². The number of thioether (sulfide) groups is 1. The molecule has 0 aromatic rings. The zero-order chi connectivity index (χ0) is 9.73. The Balaban J connectivity index is 2.22. The zero-order valence-electron chi connectivity index (χ0n) is 7.31. The van der Waals surface area contributed by atoms with Gasteiger partial charge in [-0.1, -0.05) is 25.3 Å². The van der Waals surface area contributed by atoms with E-state index in [0.29, 0.717) is 5.92 Å². The molecule has 0 nitrogen and oxygen atoms in total. The maximum absolute atomic E-state index is 11.7. The Hall–Kier alpha value is -0.120. The molecule has 76 valence electrons. The van der Waals surface area contributed by atoms with Crippen molar-refractivity contribution < 1.29 is 13.2 Å². The molecular formula is C9H13F3S. The van der Waals surface area contributed by atoms with E-state index in [2.05, 4.69) is 0 Å². The quantitative estimate of drug-likeness (QED) is 0.653. The molecule has 0 aromatic carbocycles. The Morgan fingerprint density at radius 2 is 1.69 bits per heavy atom. The summed E-state index contributed by atoms with van der Waals surface area (Å²) in [5.41, 5.74) is -4.12. The molecule has 0 heterocycles. The van der Waals surface area contributed by atoms with E-state index in [-0.39, 0.29) is 11.8 Å². The Labute approximate surface area is 80.6 Å². The molecule has 1 aliphatic carbocycles. The van der Waals surface area contributed by atoms with Crippen LogP contribution in [0.2, 0.25) is 0 Å². The van der Waals surface area contributed by atoms with Gasteiger partial charge in [-0.25, -0.2) is 0 Å². The average molecular weight is 210 g/mol. The molecule has 0 bridgehead atoms. The number of allylic oxidation sites excluding steroid dienone is 1. The number of hydrogen-bond donors (Lipinski definition) is 0. The summed E-state index contributed by atoms with van der Waals surface area (Å²) in [6, 6.07) is 0. The van der Waals surface area contributed by atoms with Crippen molar-refractivity contribution in [3.63, 3.8) is 0 Å². The van der Waals surface area contributed by atoms with Crippen LogP contribution in [0.5, 0.6) is 0 Å². The predicted octanol–water partition coefficient (Wildman–Crippen LogP) is 4.33. The third kappa shape index (κ3) is 5.24. The van der Waals surface area contributed by atoms with Gasteiger partial charge in [0.25, 0.3) is 0 Å². The molecule has 0 saturated heterocycles. The lowest BCUT2D eigenvalue weighted by Gasteiger charge is -2.17. The van der Waals surface area contributed by atoms with Crippen molar-refractivity contribution >= 4 is 11.8 Å². The summed E-state index contributed by atoms with van der Waals surface area (Å²) in [5, 5.41) is 1.19. The molecular weight excluding hydrogens is 197 g/mol. The highest BCUT2D eigenvalue weighted by Gasteiger charge is 2.26. The third-order valence-corrected chi connectivity index (χ3v) is 2.76. The Morgan fingerprint density at radius 3 is 2.23 bits per heavy atom. The van der Waals surface area contributed by atoms with Gasteiger partial charge in [-0.15, -0.1) is 0 Å². The SMILES string of the molecule is FC(F)(F)S/C=C\C1CCCCC1. The van der Waals surface area contributed by atoms with Gasteiger partial charge < -0.3 is 0 Å². The highest BCUT2D eigenvalue weighted by Crippen LogP contribution is 2.32. The molecule has 4 heteroatoms. The largest absolute Gasteiger partial charge is 0.445 e. The Kier molecular flexibility index (Phi) is 4.16. The first kappa shape index (κ1) is 11.0. The van der Waals surface area contributed by atoms with Crippen LogP contribution in [-0.4, -0.2) is 5.51 Å². The fraction of sp³-hybridized carbons (Fsp3) is 0.778. The molecule has 0 aliphatic heterocycles. The maximum Gasteiger partial charge on any atom is 0.445 e. The minimum Gasteiger partial charge on any atom is -0.160 e. The van der Waals surface area contributed by atoms with E-state index in [0.717, 1.165) is 25.7 Å². The molecule has 13 heavy (non-hydrogen) atoms. The first-order valence-electron chi connectivity index (χ1n) is 4.49. The minimum atomic E-state index is -4.12. The van der Waals surface area contributed by atoms with E-state index in [4.69, 9.17) is 0 Å². The van der Waals surface area contributed by atoms with E-state index in [1.807, 2.05) is 0 Å². The van der Waals surface area contributed by atoms with Gasteiger partial charge in [0.05, 0.1) is 0 Å². The van der Waals surface area contributed by atoms with E-state index in [1.54, 1.807) is 6.08 Å². The molecule has 0 unspecified atom stereocenters. The summed E-state index contributed by atoms with van der Waals surface area (Å²) in [6.07, 6.45) is 7.36. The molecule has 1 rings (SSSR count). The highest BCUT2D eigenvalue weighted by atomic mass is 32.2. The second-order valence-corrected chi connectivity index (χ2v) is 4.26. The van der Waals surface area contributed by atoms with E-state index < -0.39 is 5.51 Å². The van der Waals surface area contributed by atoms with Gasteiger partial charge in [-0.05, 0) is 35.9 Å². The lowest BCUT2D eigenvalue weighted by Crippen LogP contribution is -2.03. The van der Waals surface area contributed by atoms with Crippen molar-refractivity contribution in [3.05, 3.63) is 11.5 Å². The van der Waals surface area contributed by atoms with Crippen LogP contribution in [0, 0.1) is 5.92 Å². The number of hydrogen-bond acceptors (Lipinski definition) is 1. The molecule has 0 aromatic heterocycles. The maximum atomic E-state index is 11.7. The molecule has 0 amide bonds. The summed E-state index contributed by atoms with van der Waals surface area (Å²) in [7, 11) is 0. The molecule has 1 fully saturated rings. The van der Waals surface area contributed by atoms with Crippen LogP contribution in [0.4, 0.5) is 13.2 Å². The molecule has 0 N–H and O–H groups in total. The second kappa shape index (κ2) is 4.94. The smallest absolute Gasteiger partial charge is 0.160 e. The zero-order valence-corrected chi connectivity index (χ0v) is 8.13. The van der Waals surface area contributed by atoms with Gasteiger partial charge in [0.1, 0.15) is 0 Å². The summed E-state index contributed by atoms with van der Waals surface area (Å²) in [5.74, 6) is 0.378. The van der Waals surface area contributed by atoms with Crippen molar-refractivity contribution in [2.45, 2.75) is 37.6 Å². The van der Waals surface area contributed by atoms with Crippen LogP contribution in [0.25, 0.3) is 0 Å². The van der Waals surface area contributed by atoms with Gasteiger partial charge >= 0.3 is 5.51 Å². The number of halogens is 3. The van der Waals surface area contributed by atoms with Crippen LogP contribution in [0.15, 0.2) is 11.5 Å². The van der Waals surface area contributed by atoms with Crippen LogP contribution in [-0.2, 0) is 0 Å². The van der Waals surface area contributed by atoms with Crippen molar-refractivity contribution in [2.75, 3.05) is 0 Å². The highest BCUT2D eigenvalue weighted by molar-refractivity contribution is 8.02. The van der Waals surface area contributed by atoms with Crippen LogP contribution >= 0.6 is 11.8 Å². The summed E-state index contributed by atoms with van der Waals surface area (Å²) < 4.78 is 35.2. The summed E-state index contributed by atoms with van der Waals surface area (Å²) >= 11 is -0.0533. The number of rotatable bonds is 2. The Morgan fingerprint density at radius 1 is 1.08 bits per heavy atom. The predicted molar refractivity (Wildman–Crippen MR) is 49.4 cm³/mol. The summed E-state index contributed by atoms with van der Waals surface area (Å²) in [6.45, 7) is 0. The first-order chi connectivity index (χ1) is 6.08. The van der Waals surface area contributed by atoms with E-state index in [9.17, 15) is 13.2 Å². The lowest BCUT2D eigenvalue weighted by molar-refractivity contribution is -0.0320. The van der Waals surface area contributed by atoms with E-state index >= 15 is 0 Å². The fourth-order valence-electron chi connectivity index (χ4n) is 1.55. The third-order valence-electron chi connectivity index (χ3n) is 2.20. The topological polar surface area (TPSA) is 0 Å². The van der Waals surface area contributed by atoms with Gasteiger partial charge in [0.15, 0.2) is 0 Å². The lowest BCUT2D eigenvalue weighted by atomic mass is 9.90. The first-order valence-corrected chi connectivity index (χ1v) is 5.37. The molecule has 1 saturated carbocycles. The Bertz CT molecular complexity index is 168. The van der Waals surface area contributed by atoms with Crippen LogP contribution in [0.3, 0.4) is 0 Å². The molecule has 1 aliphatic rings. The molecule has 0 spiro atoms. The minimum absolute atomic E-state index is 0.0533. The van der Waals surface area contributed by atoms with Gasteiger partial charge in [0, 0.05) is 0 Å². The van der Waals surface area contributed by atoms with Crippen molar-refractivity contribution in [1.29, 1.82) is 0 Å². The second-order valence-electron chi connectivity index (χ2n) is 3.29. The average Bonchev–Trinajstić information content (AvgIpc) is 2.04. The van der Waals surface area contributed by atoms with Gasteiger partial charge in [-0.3, -0.25) is 0 Å². The van der Waals surface area contributed by atoms with Crippen molar-refractivity contribution in [2.24, 2.45) is 5.92 Å². The standard InChI is InChI=1S/C9H13F3S/c10-9(11,12)13-7-6-8-4-2-1-3-5-8/h6-8H,1-5H2/b7-6-. The molecule has 0 radical (unpaired) electrons. The van der Waals surface area contributed by atoms with Crippen LogP contribution in [0.1, 0.15) is 32.1 Å². The number of alkyl halides is 3. The van der Waals surface area contributed by atoms with Gasteiger partial charge in [-0.2, -0.15) is 13.2 Å².